The monoisotopic (exact) mass is 689 g/mol. The Balaban J connectivity index is 1.96. The van der Waals surface area contributed by atoms with E-state index in [0.29, 0.717) is 37.9 Å². The largest absolute Gasteiger partial charge is 0.507 e. The lowest BCUT2D eigenvalue weighted by molar-refractivity contribution is -0.261. The van der Waals surface area contributed by atoms with E-state index in [1.165, 1.54) is 10.1 Å². The van der Waals surface area contributed by atoms with Gasteiger partial charge in [-0.05, 0) is 102 Å². The number of benzene rings is 1. The number of esters is 2. The van der Waals surface area contributed by atoms with Crippen molar-refractivity contribution in [1.82, 2.24) is 10.1 Å². The summed E-state index contributed by atoms with van der Waals surface area (Å²) < 4.78 is 12.3. The van der Waals surface area contributed by atoms with Gasteiger partial charge < -0.3 is 25.0 Å². The third kappa shape index (κ3) is 9.57. The molecule has 2 aliphatic rings. The van der Waals surface area contributed by atoms with E-state index in [-0.39, 0.29) is 23.2 Å². The van der Waals surface area contributed by atoms with E-state index in [1.807, 2.05) is 55.4 Å². The van der Waals surface area contributed by atoms with Crippen LogP contribution >= 0.6 is 0 Å². The first kappa shape index (κ1) is 41.2. The average molecular weight is 689 g/mol. The molecule has 49 heavy (non-hydrogen) atoms. The van der Waals surface area contributed by atoms with E-state index in [1.54, 1.807) is 0 Å². The Labute approximate surface area is 296 Å². The fourth-order valence-corrected chi connectivity index (χ4v) is 8.32. The minimum absolute atomic E-state index is 0.0466. The second-order valence-electron chi connectivity index (χ2n) is 19.6. The van der Waals surface area contributed by atoms with Crippen molar-refractivity contribution in [3.63, 3.8) is 0 Å². The number of hydrogen-bond donors (Lipinski definition) is 3. The summed E-state index contributed by atoms with van der Waals surface area (Å²) in [7, 11) is 0. The minimum Gasteiger partial charge on any atom is -0.507 e. The van der Waals surface area contributed by atoms with Gasteiger partial charge in [-0.15, -0.1) is 0 Å². The van der Waals surface area contributed by atoms with Crippen LogP contribution in [0.2, 0.25) is 0 Å². The van der Waals surface area contributed by atoms with Crippen molar-refractivity contribution >= 4 is 11.9 Å². The molecule has 2 fully saturated rings. The zero-order valence-corrected chi connectivity index (χ0v) is 33.3. The highest BCUT2D eigenvalue weighted by molar-refractivity contribution is 5.95. The Morgan fingerprint density at radius 1 is 0.735 bits per heavy atom. The summed E-state index contributed by atoms with van der Waals surface area (Å²) in [5.74, 6) is -2.05. The third-order valence-corrected chi connectivity index (χ3v) is 10.8. The summed E-state index contributed by atoms with van der Waals surface area (Å²) in [4.78, 5) is 28.3. The van der Waals surface area contributed by atoms with E-state index in [4.69, 9.17) is 9.47 Å². The van der Waals surface area contributed by atoms with Crippen LogP contribution < -0.4 is 0 Å². The molecule has 0 saturated carbocycles. The van der Waals surface area contributed by atoms with Crippen LogP contribution in [0.3, 0.4) is 0 Å². The highest BCUT2D eigenvalue weighted by atomic mass is 16.6. The number of rotatable bonds is 9. The van der Waals surface area contributed by atoms with Crippen molar-refractivity contribution in [1.29, 1.82) is 0 Å². The number of nitrogens with zero attached hydrogens (tertiary/aromatic N) is 2. The molecule has 1 aromatic rings. The summed E-state index contributed by atoms with van der Waals surface area (Å²) in [5, 5.41) is 35.6. The van der Waals surface area contributed by atoms with Crippen LogP contribution in [0.15, 0.2) is 12.1 Å². The quantitative estimate of drug-likeness (QED) is 0.173. The Kier molecular flexibility index (Phi) is 11.8. The highest BCUT2D eigenvalue weighted by Gasteiger charge is 2.49. The van der Waals surface area contributed by atoms with Crippen molar-refractivity contribution in [2.75, 3.05) is 0 Å². The van der Waals surface area contributed by atoms with Crippen LogP contribution in [0.25, 0.3) is 0 Å². The second kappa shape index (κ2) is 14.1. The minimum atomic E-state index is -1.14. The van der Waals surface area contributed by atoms with Gasteiger partial charge in [0.25, 0.3) is 0 Å². The van der Waals surface area contributed by atoms with Crippen LogP contribution in [0.1, 0.15) is 159 Å². The van der Waals surface area contributed by atoms with Gasteiger partial charge in [-0.2, -0.15) is 10.1 Å². The Morgan fingerprint density at radius 3 is 1.35 bits per heavy atom. The molecule has 0 aliphatic carbocycles. The molecule has 0 bridgehead atoms. The molecule has 1 atom stereocenters. The smallest absolute Gasteiger partial charge is 0.320 e. The molecule has 9 heteroatoms. The van der Waals surface area contributed by atoms with Gasteiger partial charge >= 0.3 is 11.9 Å². The van der Waals surface area contributed by atoms with E-state index in [2.05, 4.69) is 60.6 Å². The van der Waals surface area contributed by atoms with Gasteiger partial charge in [-0.25, -0.2) is 0 Å². The Bertz CT molecular complexity index is 1220. The van der Waals surface area contributed by atoms with Crippen LogP contribution in [0.4, 0.5) is 0 Å². The van der Waals surface area contributed by atoms with Crippen LogP contribution in [0.5, 0.6) is 5.75 Å². The lowest BCUT2D eigenvalue weighted by Crippen LogP contribution is -2.61. The van der Waals surface area contributed by atoms with Crippen molar-refractivity contribution in [3.8, 4) is 5.75 Å². The average Bonchev–Trinajstić information content (AvgIpc) is 2.91. The molecule has 280 valence electrons. The maximum atomic E-state index is 14.1. The standard InChI is InChI=1S/C40H68N2O7/c1-16-25(17-26-19-30(35(2,3)4)32(43)31(20-26)36(5,6)7)18-29(33(44)48-27-21-37(8,9)41(46)38(10,11)22-27)34(45)49-28-23-39(12,13)42(47)40(14,15)24-28/h19-20,25,27-29,43,46-47H,16-18,21-24H2,1-15H3. The summed E-state index contributed by atoms with van der Waals surface area (Å²) in [6.07, 6.45) is 2.33. The van der Waals surface area contributed by atoms with Gasteiger partial charge in [0.15, 0.2) is 5.92 Å². The maximum Gasteiger partial charge on any atom is 0.320 e. The molecular formula is C40H68N2O7. The molecule has 0 spiro atoms. The molecule has 0 amide bonds. The van der Waals surface area contributed by atoms with Gasteiger partial charge in [0, 0.05) is 47.8 Å². The molecule has 9 nitrogen and oxygen atoms in total. The van der Waals surface area contributed by atoms with Crippen LogP contribution in [0, 0.1) is 11.8 Å². The summed E-state index contributed by atoms with van der Waals surface area (Å²) >= 11 is 0. The molecule has 2 saturated heterocycles. The normalized spacial score (nSPS) is 22.6. The van der Waals surface area contributed by atoms with Gasteiger partial charge in [0.1, 0.15) is 18.0 Å². The molecule has 0 aromatic heterocycles. The first-order valence-corrected chi connectivity index (χ1v) is 18.3. The molecule has 2 aliphatic heterocycles. The number of ether oxygens (including phenoxy) is 2. The Hall–Kier alpha value is -2.20. The SMILES string of the molecule is CCC(Cc1cc(C(C)(C)C)c(O)c(C(C)(C)C)c1)CC(C(=O)OC1CC(C)(C)N(O)C(C)(C)C1)C(=O)OC1CC(C)(C)N(O)C(C)(C)C1. The van der Waals surface area contributed by atoms with Crippen molar-refractivity contribution < 1.29 is 34.6 Å². The molecule has 3 rings (SSSR count). The number of carbonyl (C=O) groups excluding carboxylic acids is 2. The topological polar surface area (TPSA) is 120 Å². The lowest BCUT2D eigenvalue weighted by atomic mass is 9.77. The predicted molar refractivity (Wildman–Crippen MR) is 193 cm³/mol. The number of piperidine rings is 2. The first-order valence-electron chi connectivity index (χ1n) is 18.3. The van der Waals surface area contributed by atoms with Crippen molar-refractivity contribution in [2.24, 2.45) is 11.8 Å². The summed E-state index contributed by atoms with van der Waals surface area (Å²) in [6.45, 7) is 29.9. The maximum absolute atomic E-state index is 14.1. The van der Waals surface area contributed by atoms with E-state index >= 15 is 0 Å². The number of carbonyl (C=O) groups is 2. The van der Waals surface area contributed by atoms with E-state index in [0.717, 1.165) is 23.1 Å². The molecule has 3 N–H and O–H groups in total. The van der Waals surface area contributed by atoms with Gasteiger partial charge in [-0.3, -0.25) is 9.59 Å². The number of aromatic hydroxyl groups is 1. The van der Waals surface area contributed by atoms with Crippen molar-refractivity contribution in [2.45, 2.75) is 194 Å². The van der Waals surface area contributed by atoms with Gasteiger partial charge in [0.2, 0.25) is 0 Å². The van der Waals surface area contributed by atoms with Crippen LogP contribution in [-0.4, -0.2) is 71.9 Å². The Morgan fingerprint density at radius 2 is 1.06 bits per heavy atom. The fourth-order valence-electron chi connectivity index (χ4n) is 8.32. The molecule has 0 radical (unpaired) electrons. The predicted octanol–water partition coefficient (Wildman–Crippen LogP) is 8.47. The zero-order valence-electron chi connectivity index (χ0n) is 33.3. The lowest BCUT2D eigenvalue weighted by Gasteiger charge is -2.51. The fraction of sp³-hybridized carbons (Fsp3) is 0.800. The molecular weight excluding hydrogens is 620 g/mol. The zero-order chi connectivity index (χ0) is 37.7. The number of hydrogen-bond acceptors (Lipinski definition) is 9. The van der Waals surface area contributed by atoms with Crippen molar-refractivity contribution in [3.05, 3.63) is 28.8 Å². The third-order valence-electron chi connectivity index (χ3n) is 10.8. The summed E-state index contributed by atoms with van der Waals surface area (Å²) in [6, 6.07) is 4.14. The van der Waals surface area contributed by atoms with E-state index < -0.39 is 52.2 Å². The highest BCUT2D eigenvalue weighted by Crippen LogP contribution is 2.42. The number of hydroxylamine groups is 4. The molecule has 1 unspecified atom stereocenters. The number of phenols is 1. The van der Waals surface area contributed by atoms with Crippen LogP contribution in [-0.2, 0) is 36.3 Å². The van der Waals surface area contributed by atoms with Gasteiger partial charge in [0.05, 0.1) is 0 Å². The molecule has 1 aromatic carbocycles. The summed E-state index contributed by atoms with van der Waals surface area (Å²) in [5.41, 5.74) is -0.266. The van der Waals surface area contributed by atoms with E-state index in [9.17, 15) is 25.1 Å². The second-order valence-corrected chi connectivity index (χ2v) is 19.6. The molecule has 2 heterocycles. The van der Waals surface area contributed by atoms with Gasteiger partial charge in [-0.1, -0.05) is 67.0 Å². The first-order chi connectivity index (χ1) is 22.0. The number of phenolic OH excluding ortho intramolecular Hbond substituents is 1.